The first-order valence-corrected chi connectivity index (χ1v) is 16.4. The lowest BCUT2D eigenvalue weighted by Crippen LogP contribution is -2.54. The lowest BCUT2D eigenvalue weighted by atomic mass is 10.0. The molecule has 4 aromatic carbocycles. The molecule has 0 saturated heterocycles. The Morgan fingerprint density at radius 2 is 1.36 bits per heavy atom. The molecule has 1 N–H and O–H groups in total. The fraction of sp³-hybridized carbons (Fsp3) is 0.278. The smallest absolute Gasteiger partial charge is 0.264 e. The molecule has 44 heavy (non-hydrogen) atoms. The van der Waals surface area contributed by atoms with Crippen molar-refractivity contribution in [2.24, 2.45) is 0 Å². The van der Waals surface area contributed by atoms with E-state index in [1.165, 1.54) is 17.0 Å². The Morgan fingerprint density at radius 3 is 1.98 bits per heavy atom. The minimum absolute atomic E-state index is 0.0801. The van der Waals surface area contributed by atoms with Crippen molar-refractivity contribution < 1.29 is 18.0 Å². The molecule has 0 aliphatic heterocycles. The molecule has 0 aromatic heterocycles. The molecule has 0 spiro atoms. The second-order valence-electron chi connectivity index (χ2n) is 11.1. The van der Waals surface area contributed by atoms with Crippen molar-refractivity contribution in [1.29, 1.82) is 0 Å². The summed E-state index contributed by atoms with van der Waals surface area (Å²) in [7, 11) is -4.13. The second kappa shape index (κ2) is 14.8. The van der Waals surface area contributed by atoms with Gasteiger partial charge in [-0.3, -0.25) is 13.9 Å². The first-order valence-electron chi connectivity index (χ1n) is 14.9. The van der Waals surface area contributed by atoms with E-state index in [1.807, 2.05) is 94.4 Å². The predicted octanol–water partition coefficient (Wildman–Crippen LogP) is 6.05. The Kier molecular flexibility index (Phi) is 11.0. The third-order valence-electron chi connectivity index (χ3n) is 7.74. The Labute approximate surface area is 261 Å². The van der Waals surface area contributed by atoms with Crippen LogP contribution < -0.4 is 9.62 Å². The SMILES string of the molecule is CC[C@H](C)NC(=O)[C@@H](Cc1ccccc1)N(Cc1ccc(C)cc1)C(=O)CN(c1ccccc1C)S(=O)(=O)c1ccccc1. The van der Waals surface area contributed by atoms with E-state index >= 15 is 0 Å². The molecule has 0 fully saturated rings. The zero-order chi connectivity index (χ0) is 31.7. The van der Waals surface area contributed by atoms with Crippen LogP contribution in [0.15, 0.2) is 114 Å². The number of para-hydroxylation sites is 1. The van der Waals surface area contributed by atoms with Crippen LogP contribution in [0, 0.1) is 13.8 Å². The van der Waals surface area contributed by atoms with Gasteiger partial charge >= 0.3 is 0 Å². The first kappa shape index (κ1) is 32.5. The highest BCUT2D eigenvalue weighted by atomic mass is 32.2. The Bertz CT molecular complexity index is 1640. The van der Waals surface area contributed by atoms with E-state index in [0.29, 0.717) is 11.3 Å². The predicted molar refractivity (Wildman–Crippen MR) is 176 cm³/mol. The molecule has 230 valence electrons. The quantitative estimate of drug-likeness (QED) is 0.199. The number of sulfonamides is 1. The van der Waals surface area contributed by atoms with Crippen molar-refractivity contribution >= 4 is 27.5 Å². The van der Waals surface area contributed by atoms with Gasteiger partial charge in [-0.25, -0.2) is 8.42 Å². The van der Waals surface area contributed by atoms with E-state index in [0.717, 1.165) is 27.4 Å². The third kappa shape index (κ3) is 8.14. The molecule has 0 aliphatic carbocycles. The molecule has 2 amide bonds. The highest BCUT2D eigenvalue weighted by molar-refractivity contribution is 7.92. The van der Waals surface area contributed by atoms with Gasteiger partial charge in [0.1, 0.15) is 12.6 Å². The fourth-order valence-electron chi connectivity index (χ4n) is 4.96. The number of rotatable bonds is 13. The number of hydrogen-bond donors (Lipinski definition) is 1. The van der Waals surface area contributed by atoms with Crippen molar-refractivity contribution in [1.82, 2.24) is 10.2 Å². The van der Waals surface area contributed by atoms with Crippen molar-refractivity contribution in [2.45, 2.75) is 64.1 Å². The van der Waals surface area contributed by atoms with Crippen LogP contribution in [-0.2, 0) is 32.6 Å². The minimum Gasteiger partial charge on any atom is -0.352 e. The average molecular weight is 612 g/mol. The average Bonchev–Trinajstić information content (AvgIpc) is 3.03. The van der Waals surface area contributed by atoms with Gasteiger partial charge in [-0.05, 0) is 62.1 Å². The zero-order valence-corrected chi connectivity index (χ0v) is 26.6. The fourth-order valence-corrected chi connectivity index (χ4v) is 6.46. The van der Waals surface area contributed by atoms with Crippen LogP contribution in [0.4, 0.5) is 5.69 Å². The third-order valence-corrected chi connectivity index (χ3v) is 9.51. The molecule has 7 nitrogen and oxygen atoms in total. The minimum atomic E-state index is -4.13. The van der Waals surface area contributed by atoms with Gasteiger partial charge in [-0.15, -0.1) is 0 Å². The van der Waals surface area contributed by atoms with E-state index in [9.17, 15) is 18.0 Å². The molecular formula is C36H41N3O4S. The maximum absolute atomic E-state index is 14.5. The standard InChI is InChI=1S/C36H41N3O4S/c1-5-29(4)37-36(41)34(24-30-15-8-6-9-16-30)38(25-31-22-20-27(2)21-23-31)35(40)26-39(33-19-13-12-14-28(33)3)44(42,43)32-17-10-7-11-18-32/h6-23,29,34H,5,24-26H2,1-4H3,(H,37,41)/t29-,34+/m0/s1. The Balaban J connectivity index is 1.81. The van der Waals surface area contributed by atoms with Gasteiger partial charge in [-0.1, -0.05) is 103 Å². The molecule has 0 unspecified atom stereocenters. The Morgan fingerprint density at radius 1 is 0.773 bits per heavy atom. The summed E-state index contributed by atoms with van der Waals surface area (Å²) < 4.78 is 29.3. The molecule has 0 bridgehead atoms. The monoisotopic (exact) mass is 611 g/mol. The number of benzene rings is 4. The van der Waals surface area contributed by atoms with Crippen LogP contribution in [0.25, 0.3) is 0 Å². The topological polar surface area (TPSA) is 86.8 Å². The number of anilines is 1. The zero-order valence-electron chi connectivity index (χ0n) is 25.8. The largest absolute Gasteiger partial charge is 0.352 e. The van der Waals surface area contributed by atoms with E-state index < -0.39 is 28.5 Å². The van der Waals surface area contributed by atoms with Crippen molar-refractivity contribution in [3.8, 4) is 0 Å². The molecule has 0 heterocycles. The number of carbonyl (C=O) groups excluding carboxylic acids is 2. The van der Waals surface area contributed by atoms with Crippen LogP contribution in [-0.4, -0.2) is 43.8 Å². The summed E-state index contributed by atoms with van der Waals surface area (Å²) in [5.74, 6) is -0.759. The lowest BCUT2D eigenvalue weighted by Gasteiger charge is -2.34. The van der Waals surface area contributed by atoms with Crippen LogP contribution in [0.5, 0.6) is 0 Å². The summed E-state index contributed by atoms with van der Waals surface area (Å²) in [5.41, 5.74) is 3.92. The summed E-state index contributed by atoms with van der Waals surface area (Å²) in [6.45, 7) is 7.37. The second-order valence-corrected chi connectivity index (χ2v) is 13.0. The summed E-state index contributed by atoms with van der Waals surface area (Å²) in [6, 6.07) is 31.6. The number of carbonyl (C=O) groups is 2. The maximum atomic E-state index is 14.5. The number of amides is 2. The van der Waals surface area contributed by atoms with Gasteiger partial charge in [0.05, 0.1) is 10.6 Å². The molecule has 0 aliphatic rings. The number of hydrogen-bond acceptors (Lipinski definition) is 4. The molecule has 4 aromatic rings. The molecule has 2 atom stereocenters. The van der Waals surface area contributed by atoms with Gasteiger partial charge in [0, 0.05) is 19.0 Å². The summed E-state index contributed by atoms with van der Waals surface area (Å²) in [6.07, 6.45) is 1.00. The van der Waals surface area contributed by atoms with Crippen LogP contribution in [0.3, 0.4) is 0 Å². The number of nitrogens with zero attached hydrogens (tertiary/aromatic N) is 2. The van der Waals surface area contributed by atoms with E-state index in [1.54, 1.807) is 30.3 Å². The van der Waals surface area contributed by atoms with Gasteiger partial charge < -0.3 is 10.2 Å². The highest BCUT2D eigenvalue weighted by Crippen LogP contribution is 2.27. The molecule has 0 saturated carbocycles. The Hall–Kier alpha value is -4.43. The summed E-state index contributed by atoms with van der Waals surface area (Å²) >= 11 is 0. The van der Waals surface area contributed by atoms with Gasteiger partial charge in [0.15, 0.2) is 0 Å². The molecular weight excluding hydrogens is 570 g/mol. The molecule has 4 rings (SSSR count). The normalized spacial score (nSPS) is 12.6. The number of nitrogens with one attached hydrogen (secondary N) is 1. The molecule has 8 heteroatoms. The highest BCUT2D eigenvalue weighted by Gasteiger charge is 2.35. The van der Waals surface area contributed by atoms with Gasteiger partial charge in [0.2, 0.25) is 11.8 Å². The van der Waals surface area contributed by atoms with Crippen molar-refractivity contribution in [2.75, 3.05) is 10.8 Å². The van der Waals surface area contributed by atoms with E-state index in [4.69, 9.17) is 0 Å². The van der Waals surface area contributed by atoms with Gasteiger partial charge in [-0.2, -0.15) is 0 Å². The van der Waals surface area contributed by atoms with Crippen molar-refractivity contribution in [3.05, 3.63) is 131 Å². The van der Waals surface area contributed by atoms with Crippen LogP contribution >= 0.6 is 0 Å². The van der Waals surface area contributed by atoms with Crippen LogP contribution in [0.2, 0.25) is 0 Å². The van der Waals surface area contributed by atoms with E-state index in [-0.39, 0.29) is 29.8 Å². The van der Waals surface area contributed by atoms with Crippen LogP contribution in [0.1, 0.15) is 42.5 Å². The molecule has 0 radical (unpaired) electrons. The number of aryl methyl sites for hydroxylation is 2. The first-order chi connectivity index (χ1) is 21.1. The lowest BCUT2D eigenvalue weighted by molar-refractivity contribution is -0.140. The summed E-state index contributed by atoms with van der Waals surface area (Å²) in [4.78, 5) is 30.0. The van der Waals surface area contributed by atoms with E-state index in [2.05, 4.69) is 5.32 Å². The summed E-state index contributed by atoms with van der Waals surface area (Å²) in [5, 5.41) is 3.07. The maximum Gasteiger partial charge on any atom is 0.264 e. The van der Waals surface area contributed by atoms with Gasteiger partial charge in [0.25, 0.3) is 10.0 Å². The van der Waals surface area contributed by atoms with Crippen molar-refractivity contribution in [3.63, 3.8) is 0 Å².